The van der Waals surface area contributed by atoms with Crippen molar-refractivity contribution in [3.63, 3.8) is 0 Å². The van der Waals surface area contributed by atoms with E-state index in [9.17, 15) is 10.1 Å². The molecular formula is C15H23N3O2. The normalized spacial score (nSPS) is 18.6. The van der Waals surface area contributed by atoms with Gasteiger partial charge >= 0.3 is 0 Å². The number of benzene rings is 1. The summed E-state index contributed by atoms with van der Waals surface area (Å²) in [7, 11) is 0. The molecule has 1 unspecified atom stereocenters. The van der Waals surface area contributed by atoms with Gasteiger partial charge in [-0.1, -0.05) is 13.8 Å². The van der Waals surface area contributed by atoms with Crippen LogP contribution in [0.25, 0.3) is 0 Å². The van der Waals surface area contributed by atoms with Crippen LogP contribution >= 0.6 is 0 Å². The first-order chi connectivity index (χ1) is 9.52. The van der Waals surface area contributed by atoms with Gasteiger partial charge < -0.3 is 10.2 Å². The van der Waals surface area contributed by atoms with E-state index in [1.54, 1.807) is 12.1 Å². The van der Waals surface area contributed by atoms with E-state index in [2.05, 4.69) is 24.1 Å². The van der Waals surface area contributed by atoms with E-state index in [0.717, 1.165) is 37.3 Å². The highest BCUT2D eigenvalue weighted by molar-refractivity contribution is 5.65. The van der Waals surface area contributed by atoms with Gasteiger partial charge in [0.2, 0.25) is 0 Å². The number of nitro benzene ring substituents is 1. The molecule has 0 radical (unpaired) electrons. The fraction of sp³-hybridized carbons (Fsp3) is 0.600. The van der Waals surface area contributed by atoms with Gasteiger partial charge in [-0.25, -0.2) is 0 Å². The fourth-order valence-electron chi connectivity index (χ4n) is 2.98. The molecule has 5 heteroatoms. The molecule has 1 aromatic rings. The van der Waals surface area contributed by atoms with Crippen molar-refractivity contribution in [2.24, 2.45) is 5.92 Å². The largest absolute Gasteiger partial charge is 0.385 e. The first kappa shape index (κ1) is 14.6. The van der Waals surface area contributed by atoms with Gasteiger partial charge in [-0.3, -0.25) is 10.1 Å². The van der Waals surface area contributed by atoms with Crippen LogP contribution in [0.1, 0.15) is 33.6 Å². The Hall–Kier alpha value is -1.78. The Balaban J connectivity index is 2.36. The molecule has 0 amide bonds. The van der Waals surface area contributed by atoms with Gasteiger partial charge in [0.05, 0.1) is 4.92 Å². The van der Waals surface area contributed by atoms with E-state index in [1.807, 2.05) is 13.0 Å². The molecule has 20 heavy (non-hydrogen) atoms. The molecule has 5 nitrogen and oxygen atoms in total. The maximum Gasteiger partial charge on any atom is 0.273 e. The van der Waals surface area contributed by atoms with Crippen LogP contribution in [0.15, 0.2) is 18.2 Å². The number of anilines is 2. The van der Waals surface area contributed by atoms with Crippen LogP contribution in [0.3, 0.4) is 0 Å². The first-order valence-corrected chi connectivity index (χ1v) is 7.33. The number of hydrogen-bond donors (Lipinski definition) is 1. The summed E-state index contributed by atoms with van der Waals surface area (Å²) in [5.41, 5.74) is 1.95. The van der Waals surface area contributed by atoms with Crippen molar-refractivity contribution in [2.75, 3.05) is 23.3 Å². The lowest BCUT2D eigenvalue weighted by Gasteiger charge is -2.30. The summed E-state index contributed by atoms with van der Waals surface area (Å²) in [4.78, 5) is 13.1. The predicted octanol–water partition coefficient (Wildman–Crippen LogP) is 3.65. The Morgan fingerprint density at radius 2 is 2.20 bits per heavy atom. The molecule has 0 spiro atoms. The maximum atomic E-state index is 11.1. The van der Waals surface area contributed by atoms with Gasteiger partial charge in [-0.2, -0.15) is 0 Å². The molecule has 1 fully saturated rings. The van der Waals surface area contributed by atoms with Crippen molar-refractivity contribution in [1.82, 2.24) is 0 Å². The predicted molar refractivity (Wildman–Crippen MR) is 82.5 cm³/mol. The number of nitro groups is 1. The highest BCUT2D eigenvalue weighted by atomic mass is 16.6. The Bertz CT molecular complexity index is 488. The second-order valence-electron chi connectivity index (χ2n) is 5.67. The number of hydrogen-bond acceptors (Lipinski definition) is 4. The van der Waals surface area contributed by atoms with Gasteiger partial charge in [0.1, 0.15) is 0 Å². The van der Waals surface area contributed by atoms with Gasteiger partial charge in [0.25, 0.3) is 5.69 Å². The molecule has 1 atom stereocenters. The Kier molecular flexibility index (Phi) is 4.47. The molecular weight excluding hydrogens is 254 g/mol. The van der Waals surface area contributed by atoms with Crippen molar-refractivity contribution in [3.05, 3.63) is 28.3 Å². The van der Waals surface area contributed by atoms with E-state index in [4.69, 9.17) is 0 Å². The topological polar surface area (TPSA) is 58.4 Å². The summed E-state index contributed by atoms with van der Waals surface area (Å²) in [5, 5.41) is 14.3. The molecule has 1 aromatic carbocycles. The summed E-state index contributed by atoms with van der Waals surface area (Å²) in [6, 6.07) is 5.80. The van der Waals surface area contributed by atoms with Crippen LogP contribution < -0.4 is 10.2 Å². The number of nitrogens with zero attached hydrogens (tertiary/aromatic N) is 2. The zero-order valence-corrected chi connectivity index (χ0v) is 12.4. The maximum absolute atomic E-state index is 11.1. The quantitative estimate of drug-likeness (QED) is 0.659. The minimum atomic E-state index is -0.315. The van der Waals surface area contributed by atoms with E-state index < -0.39 is 0 Å². The third kappa shape index (κ3) is 3.03. The van der Waals surface area contributed by atoms with Crippen LogP contribution in [-0.4, -0.2) is 24.1 Å². The van der Waals surface area contributed by atoms with E-state index in [1.165, 1.54) is 0 Å². The van der Waals surface area contributed by atoms with E-state index in [-0.39, 0.29) is 10.6 Å². The van der Waals surface area contributed by atoms with Crippen LogP contribution in [0.5, 0.6) is 0 Å². The van der Waals surface area contributed by atoms with Crippen molar-refractivity contribution in [2.45, 2.75) is 39.7 Å². The molecule has 1 aliphatic heterocycles. The summed E-state index contributed by atoms with van der Waals surface area (Å²) in [5.74, 6) is 0.555. The monoisotopic (exact) mass is 277 g/mol. The minimum absolute atomic E-state index is 0.160. The summed E-state index contributed by atoms with van der Waals surface area (Å²) < 4.78 is 0. The van der Waals surface area contributed by atoms with E-state index >= 15 is 0 Å². The van der Waals surface area contributed by atoms with Crippen LogP contribution in [0.4, 0.5) is 17.1 Å². The molecule has 1 aliphatic rings. The number of nitrogens with one attached hydrogen (secondary N) is 1. The summed E-state index contributed by atoms with van der Waals surface area (Å²) >= 11 is 0. The zero-order chi connectivity index (χ0) is 14.7. The van der Waals surface area contributed by atoms with Crippen molar-refractivity contribution >= 4 is 17.1 Å². The standard InChI is InChI=1S/C15H23N3O2/c1-4-16-12-8-13(10-14(9-12)18(19)20)17-7-5-6-15(17)11(2)3/h8-11,15-16H,4-7H2,1-3H3. The van der Waals surface area contributed by atoms with Gasteiger partial charge in [0, 0.05) is 42.6 Å². The highest BCUT2D eigenvalue weighted by Gasteiger charge is 2.28. The fourth-order valence-corrected chi connectivity index (χ4v) is 2.98. The van der Waals surface area contributed by atoms with Crippen molar-refractivity contribution in [3.8, 4) is 0 Å². The molecule has 2 rings (SSSR count). The van der Waals surface area contributed by atoms with Crippen LogP contribution in [0.2, 0.25) is 0 Å². The van der Waals surface area contributed by atoms with Crippen molar-refractivity contribution in [1.29, 1.82) is 0 Å². The molecule has 0 bridgehead atoms. The zero-order valence-electron chi connectivity index (χ0n) is 12.4. The lowest BCUT2D eigenvalue weighted by atomic mass is 10.0. The number of rotatable bonds is 5. The van der Waals surface area contributed by atoms with Gasteiger partial charge in [0.15, 0.2) is 0 Å². The summed E-state index contributed by atoms with van der Waals surface area (Å²) in [6.07, 6.45) is 2.32. The SMILES string of the molecule is CCNc1cc(N2CCCC2C(C)C)cc([N+](=O)[O-])c1. The third-order valence-corrected chi connectivity index (χ3v) is 3.89. The second-order valence-corrected chi connectivity index (χ2v) is 5.67. The highest BCUT2D eigenvalue weighted by Crippen LogP contribution is 2.34. The van der Waals surface area contributed by atoms with Crippen LogP contribution in [-0.2, 0) is 0 Å². The van der Waals surface area contributed by atoms with Crippen LogP contribution in [0, 0.1) is 16.0 Å². The molecule has 0 saturated carbocycles. The minimum Gasteiger partial charge on any atom is -0.385 e. The van der Waals surface area contributed by atoms with Gasteiger partial charge in [-0.05, 0) is 31.7 Å². The second kappa shape index (κ2) is 6.11. The van der Waals surface area contributed by atoms with Crippen molar-refractivity contribution < 1.29 is 4.92 Å². The lowest BCUT2D eigenvalue weighted by Crippen LogP contribution is -2.33. The Morgan fingerprint density at radius 1 is 1.45 bits per heavy atom. The average molecular weight is 277 g/mol. The lowest BCUT2D eigenvalue weighted by molar-refractivity contribution is -0.384. The summed E-state index contributed by atoms with van der Waals surface area (Å²) in [6.45, 7) is 8.16. The van der Waals surface area contributed by atoms with Gasteiger partial charge in [-0.15, -0.1) is 0 Å². The molecule has 0 aromatic heterocycles. The molecule has 1 saturated heterocycles. The molecule has 0 aliphatic carbocycles. The molecule has 1 N–H and O–H groups in total. The third-order valence-electron chi connectivity index (χ3n) is 3.89. The smallest absolute Gasteiger partial charge is 0.273 e. The first-order valence-electron chi connectivity index (χ1n) is 7.33. The Labute approximate surface area is 120 Å². The number of non-ortho nitro benzene ring substituents is 1. The van der Waals surface area contributed by atoms with E-state index in [0.29, 0.717) is 12.0 Å². The Morgan fingerprint density at radius 3 is 2.80 bits per heavy atom. The molecule has 1 heterocycles. The molecule has 110 valence electrons. The average Bonchev–Trinajstić information content (AvgIpc) is 2.88.